The summed E-state index contributed by atoms with van der Waals surface area (Å²) in [5, 5.41) is 10.4. The van der Waals surface area contributed by atoms with Crippen molar-refractivity contribution in [3.05, 3.63) is 81.7 Å². The van der Waals surface area contributed by atoms with Gasteiger partial charge in [0, 0.05) is 30.0 Å². The van der Waals surface area contributed by atoms with E-state index in [9.17, 15) is 10.1 Å². The number of para-hydroxylation sites is 1. The van der Waals surface area contributed by atoms with Gasteiger partial charge in [-0.3, -0.25) is 4.79 Å². The van der Waals surface area contributed by atoms with E-state index < -0.39 is 0 Å². The Labute approximate surface area is 191 Å². The Hall–Kier alpha value is -3.56. The van der Waals surface area contributed by atoms with Gasteiger partial charge in [-0.25, -0.2) is 9.55 Å². The molecule has 6 nitrogen and oxygen atoms in total. The second-order valence-corrected chi connectivity index (χ2v) is 8.01. The molecule has 0 saturated carbocycles. The zero-order valence-electron chi connectivity index (χ0n) is 18.1. The maximum Gasteiger partial charge on any atom is 0.284 e. The Morgan fingerprint density at radius 2 is 1.66 bits per heavy atom. The molecule has 0 bridgehead atoms. The van der Waals surface area contributed by atoms with E-state index in [0.29, 0.717) is 33.3 Å². The third-order valence-corrected chi connectivity index (χ3v) is 5.56. The summed E-state index contributed by atoms with van der Waals surface area (Å²) in [4.78, 5) is 21.0. The zero-order chi connectivity index (χ0) is 22.7. The molecule has 0 N–H and O–H groups in total. The van der Waals surface area contributed by atoms with Crippen LogP contribution in [0, 0.1) is 11.3 Å². The number of hydrogen-bond acceptors (Lipinski definition) is 4. The molecule has 0 unspecified atom stereocenters. The molecule has 4 aromatic rings. The molecule has 0 fully saturated rings. The normalized spacial score (nSPS) is 10.9. The number of hydrogen-bond donors (Lipinski definition) is 0. The van der Waals surface area contributed by atoms with Gasteiger partial charge in [-0.05, 0) is 49.2 Å². The van der Waals surface area contributed by atoms with Crippen molar-refractivity contribution >= 4 is 28.6 Å². The number of rotatable bonds is 7. The zero-order valence-corrected chi connectivity index (χ0v) is 18.9. The minimum atomic E-state index is -0.227. The van der Waals surface area contributed by atoms with Gasteiger partial charge in [0.25, 0.3) is 5.56 Å². The molecular weight excluding hydrogens is 422 g/mol. The third kappa shape index (κ3) is 3.88. The van der Waals surface area contributed by atoms with E-state index in [1.165, 1.54) is 0 Å². The van der Waals surface area contributed by atoms with E-state index in [4.69, 9.17) is 16.6 Å². The Kier molecular flexibility index (Phi) is 6.29. The number of aromatic nitrogens is 3. The molecule has 32 heavy (non-hydrogen) atoms. The van der Waals surface area contributed by atoms with E-state index in [-0.39, 0.29) is 5.56 Å². The number of fused-ring (bicyclic) bond motifs is 1. The van der Waals surface area contributed by atoms with Crippen LogP contribution in [0.15, 0.2) is 65.6 Å². The molecule has 162 valence electrons. The molecule has 0 spiro atoms. The summed E-state index contributed by atoms with van der Waals surface area (Å²) in [6.07, 6.45) is 3.50. The third-order valence-electron chi connectivity index (χ3n) is 5.31. The first-order valence-electron chi connectivity index (χ1n) is 10.7. The van der Waals surface area contributed by atoms with Crippen molar-refractivity contribution in [2.24, 2.45) is 0 Å². The van der Waals surface area contributed by atoms with Crippen LogP contribution in [0.1, 0.15) is 32.3 Å². The lowest BCUT2D eigenvalue weighted by molar-refractivity contribution is 0.705. The summed E-state index contributed by atoms with van der Waals surface area (Å²) in [6, 6.07) is 18.9. The summed E-state index contributed by atoms with van der Waals surface area (Å²) in [5.41, 5.74) is 2.42. The van der Waals surface area contributed by atoms with Crippen LogP contribution in [-0.4, -0.2) is 27.2 Å². The van der Waals surface area contributed by atoms with Crippen LogP contribution in [0.25, 0.3) is 22.4 Å². The molecule has 0 aliphatic carbocycles. The Balaban J connectivity index is 2.11. The average molecular weight is 446 g/mol. The van der Waals surface area contributed by atoms with Gasteiger partial charge < -0.3 is 9.47 Å². The monoisotopic (exact) mass is 445 g/mol. The van der Waals surface area contributed by atoms with Gasteiger partial charge in [0.2, 0.25) is 5.95 Å². The van der Waals surface area contributed by atoms with Gasteiger partial charge in [0.1, 0.15) is 17.1 Å². The van der Waals surface area contributed by atoms with Crippen molar-refractivity contribution in [2.45, 2.75) is 26.7 Å². The molecule has 2 aromatic carbocycles. The van der Waals surface area contributed by atoms with Gasteiger partial charge in [0.15, 0.2) is 0 Å². The molecular formula is C25H24ClN5O. The number of benzene rings is 2. The lowest BCUT2D eigenvalue weighted by Crippen LogP contribution is -2.34. The van der Waals surface area contributed by atoms with E-state index in [1.54, 1.807) is 27.5 Å². The van der Waals surface area contributed by atoms with Gasteiger partial charge in [-0.2, -0.15) is 5.26 Å². The molecule has 0 amide bonds. The average Bonchev–Trinajstić information content (AvgIpc) is 3.19. The van der Waals surface area contributed by atoms with Crippen molar-refractivity contribution in [1.82, 2.24) is 14.1 Å². The highest BCUT2D eigenvalue weighted by atomic mass is 35.5. The number of anilines is 1. The lowest BCUT2D eigenvalue weighted by Gasteiger charge is -2.26. The van der Waals surface area contributed by atoms with Crippen LogP contribution in [0.2, 0.25) is 5.02 Å². The predicted molar refractivity (Wildman–Crippen MR) is 129 cm³/mol. The van der Waals surface area contributed by atoms with Gasteiger partial charge in [-0.1, -0.05) is 43.6 Å². The van der Waals surface area contributed by atoms with Crippen molar-refractivity contribution in [2.75, 3.05) is 18.0 Å². The number of halogens is 1. The smallest absolute Gasteiger partial charge is 0.284 e. The van der Waals surface area contributed by atoms with Crippen molar-refractivity contribution in [1.29, 1.82) is 5.26 Å². The minimum Gasteiger partial charge on any atom is -0.342 e. The Bertz CT molecular complexity index is 1330. The second-order valence-electron chi connectivity index (χ2n) is 7.57. The fourth-order valence-electron chi connectivity index (χ4n) is 3.92. The van der Waals surface area contributed by atoms with Gasteiger partial charge >= 0.3 is 0 Å². The summed E-state index contributed by atoms with van der Waals surface area (Å²) in [7, 11) is 0. The molecule has 0 aliphatic heterocycles. The Morgan fingerprint density at radius 1 is 1.00 bits per heavy atom. The Morgan fingerprint density at radius 3 is 2.25 bits per heavy atom. The van der Waals surface area contributed by atoms with E-state index in [0.717, 1.165) is 31.6 Å². The number of nitriles is 1. The predicted octanol–water partition coefficient (Wildman–Crippen LogP) is 5.33. The van der Waals surface area contributed by atoms with Crippen molar-refractivity contribution < 1.29 is 0 Å². The van der Waals surface area contributed by atoms with Crippen molar-refractivity contribution in [3.63, 3.8) is 0 Å². The molecule has 7 heteroatoms. The largest absolute Gasteiger partial charge is 0.342 e. The van der Waals surface area contributed by atoms with Crippen LogP contribution in [0.3, 0.4) is 0 Å². The summed E-state index contributed by atoms with van der Waals surface area (Å²) in [6.45, 7) is 5.69. The first kappa shape index (κ1) is 21.7. The van der Waals surface area contributed by atoms with Gasteiger partial charge in [0.05, 0.1) is 11.3 Å². The first-order chi connectivity index (χ1) is 15.6. The molecule has 0 radical (unpaired) electrons. The second kappa shape index (κ2) is 9.29. The SMILES string of the molecule is CCCN(CCC)c1nc2c(C#N)cn(-c3ccccc3)c2c(=O)n1-c1ccc(Cl)cc1. The quantitative estimate of drug-likeness (QED) is 0.385. The maximum absolute atomic E-state index is 14.0. The highest BCUT2D eigenvalue weighted by Crippen LogP contribution is 2.26. The molecule has 0 saturated heterocycles. The minimum absolute atomic E-state index is 0.227. The molecule has 0 aliphatic rings. The molecule has 2 aromatic heterocycles. The van der Waals surface area contributed by atoms with Crippen LogP contribution in [0.4, 0.5) is 5.95 Å². The highest BCUT2D eigenvalue weighted by Gasteiger charge is 2.23. The van der Waals surface area contributed by atoms with Crippen molar-refractivity contribution in [3.8, 4) is 17.4 Å². The van der Waals surface area contributed by atoms with Crippen LogP contribution in [-0.2, 0) is 0 Å². The fraction of sp³-hybridized carbons (Fsp3) is 0.240. The van der Waals surface area contributed by atoms with Gasteiger partial charge in [-0.15, -0.1) is 0 Å². The summed E-state index contributed by atoms with van der Waals surface area (Å²) >= 11 is 6.11. The maximum atomic E-state index is 14.0. The number of nitrogens with zero attached hydrogens (tertiary/aromatic N) is 5. The first-order valence-corrected chi connectivity index (χ1v) is 11.1. The highest BCUT2D eigenvalue weighted by molar-refractivity contribution is 6.30. The van der Waals surface area contributed by atoms with E-state index in [2.05, 4.69) is 24.8 Å². The summed E-state index contributed by atoms with van der Waals surface area (Å²) < 4.78 is 3.38. The van der Waals surface area contributed by atoms with E-state index in [1.807, 2.05) is 42.5 Å². The fourth-order valence-corrected chi connectivity index (χ4v) is 4.05. The van der Waals surface area contributed by atoms with Crippen LogP contribution < -0.4 is 10.5 Å². The topological polar surface area (TPSA) is 66.8 Å². The van der Waals surface area contributed by atoms with Crippen LogP contribution in [0.5, 0.6) is 0 Å². The lowest BCUT2D eigenvalue weighted by atomic mass is 10.2. The molecule has 0 atom stereocenters. The molecule has 2 heterocycles. The summed E-state index contributed by atoms with van der Waals surface area (Å²) in [5.74, 6) is 0.538. The molecule has 4 rings (SSSR count). The standard InChI is InChI=1S/C25H24ClN5O/c1-3-14-29(15-4-2)25-28-22-18(16-27)17-30(20-8-6-5-7-9-20)23(22)24(32)31(25)21-12-10-19(26)11-13-21/h5-13,17H,3-4,14-15H2,1-2H3. The van der Waals surface area contributed by atoms with Crippen LogP contribution >= 0.6 is 11.6 Å². The van der Waals surface area contributed by atoms with E-state index >= 15 is 0 Å².